The van der Waals surface area contributed by atoms with E-state index in [1.807, 2.05) is 66.5 Å². The van der Waals surface area contributed by atoms with E-state index in [0.29, 0.717) is 6.54 Å². The quantitative estimate of drug-likeness (QED) is 0.382. The Bertz CT molecular complexity index is 1310. The topological polar surface area (TPSA) is 108 Å². The summed E-state index contributed by atoms with van der Waals surface area (Å²) < 4.78 is 11.0. The van der Waals surface area contributed by atoms with Gasteiger partial charge in [-0.2, -0.15) is 0 Å². The van der Waals surface area contributed by atoms with Crippen LogP contribution in [0.1, 0.15) is 22.6 Å². The second kappa shape index (κ2) is 12.3. The highest BCUT2D eigenvalue weighted by Crippen LogP contribution is 2.44. The first-order chi connectivity index (χ1) is 19.4. The molecule has 9 heteroatoms. The highest BCUT2D eigenvalue weighted by Gasteiger charge is 2.37. The number of carboxylic acid groups (broad SMARTS) is 1. The molecule has 0 aromatic heterocycles. The van der Waals surface area contributed by atoms with Gasteiger partial charge < -0.3 is 24.8 Å². The minimum absolute atomic E-state index is 0.0874. The molecule has 5 rings (SSSR count). The molecule has 9 nitrogen and oxygen atoms in total. The van der Waals surface area contributed by atoms with Crippen LogP contribution in [-0.2, 0) is 25.6 Å². The number of fused-ring (bicyclic) bond motifs is 3. The highest BCUT2D eigenvalue weighted by molar-refractivity contribution is 5.86. The van der Waals surface area contributed by atoms with Crippen LogP contribution in [0.5, 0.6) is 0 Å². The van der Waals surface area contributed by atoms with Crippen LogP contribution in [0, 0.1) is 0 Å². The molecule has 3 aromatic carbocycles. The molecule has 208 valence electrons. The van der Waals surface area contributed by atoms with Crippen molar-refractivity contribution >= 4 is 18.0 Å². The van der Waals surface area contributed by atoms with Gasteiger partial charge in [-0.1, -0.05) is 78.9 Å². The number of amides is 2. The molecule has 2 aliphatic rings. The van der Waals surface area contributed by atoms with Crippen molar-refractivity contribution in [3.05, 3.63) is 95.6 Å². The van der Waals surface area contributed by atoms with Crippen molar-refractivity contribution in [2.75, 3.05) is 39.9 Å². The number of hydrogen-bond acceptors (Lipinski definition) is 6. The summed E-state index contributed by atoms with van der Waals surface area (Å²) in [5.74, 6) is -1.40. The zero-order valence-corrected chi connectivity index (χ0v) is 22.4. The van der Waals surface area contributed by atoms with Gasteiger partial charge in [0.25, 0.3) is 0 Å². The average molecular weight is 544 g/mol. The predicted octanol–water partition coefficient (Wildman–Crippen LogP) is 3.34. The Morgan fingerprint density at radius 3 is 2.17 bits per heavy atom. The summed E-state index contributed by atoms with van der Waals surface area (Å²) in [4.78, 5) is 40.7. The van der Waals surface area contributed by atoms with Crippen molar-refractivity contribution in [1.29, 1.82) is 0 Å². The maximum atomic E-state index is 13.4. The van der Waals surface area contributed by atoms with E-state index >= 15 is 0 Å². The second-order valence-corrected chi connectivity index (χ2v) is 10.3. The molecule has 40 heavy (non-hydrogen) atoms. The van der Waals surface area contributed by atoms with E-state index in [2.05, 4.69) is 29.6 Å². The summed E-state index contributed by atoms with van der Waals surface area (Å²) in [5, 5.41) is 11.6. The lowest BCUT2D eigenvalue weighted by Gasteiger charge is -2.40. The first-order valence-corrected chi connectivity index (χ1v) is 13.3. The number of benzene rings is 3. The predicted molar refractivity (Wildman–Crippen MR) is 149 cm³/mol. The molecular weight excluding hydrogens is 510 g/mol. The molecule has 1 heterocycles. The van der Waals surface area contributed by atoms with Crippen molar-refractivity contribution in [2.45, 2.75) is 24.6 Å². The van der Waals surface area contributed by atoms with Gasteiger partial charge in [0.2, 0.25) is 5.91 Å². The van der Waals surface area contributed by atoms with Gasteiger partial charge in [0.15, 0.2) is 0 Å². The third kappa shape index (κ3) is 6.32. The van der Waals surface area contributed by atoms with Gasteiger partial charge in [-0.15, -0.1) is 0 Å². The van der Waals surface area contributed by atoms with Gasteiger partial charge in [0.05, 0.1) is 6.10 Å². The summed E-state index contributed by atoms with van der Waals surface area (Å²) >= 11 is 0. The lowest BCUT2D eigenvalue weighted by atomic mass is 9.98. The zero-order chi connectivity index (χ0) is 28.1. The van der Waals surface area contributed by atoms with Gasteiger partial charge in [0.1, 0.15) is 19.3 Å². The van der Waals surface area contributed by atoms with Crippen molar-refractivity contribution < 1.29 is 29.0 Å². The Labute approximate surface area is 233 Å². The molecule has 1 fully saturated rings. The van der Waals surface area contributed by atoms with Gasteiger partial charge in [0, 0.05) is 32.1 Å². The molecule has 1 saturated heterocycles. The number of carbonyl (C=O) groups is 3. The summed E-state index contributed by atoms with van der Waals surface area (Å²) in [7, 11) is 1.89. The van der Waals surface area contributed by atoms with E-state index in [4.69, 9.17) is 14.6 Å². The zero-order valence-electron chi connectivity index (χ0n) is 22.4. The largest absolute Gasteiger partial charge is 0.480 e. The summed E-state index contributed by atoms with van der Waals surface area (Å²) in [5.41, 5.74) is 5.59. The Balaban J connectivity index is 1.23. The van der Waals surface area contributed by atoms with Gasteiger partial charge in [-0.3, -0.25) is 9.69 Å². The smallest absolute Gasteiger partial charge is 0.407 e. The van der Waals surface area contributed by atoms with Crippen LogP contribution in [0.25, 0.3) is 11.1 Å². The number of carboxylic acids is 1. The minimum Gasteiger partial charge on any atom is -0.480 e. The standard InChI is InChI=1S/C31H33N3O6/c1-33(15-21-9-3-2-4-10-21)18-28(30(37)34-16-22(17-34)39-20-29(35)36)32-31(38)40-19-27-25-13-7-5-11-23(25)24-12-6-8-14-26(24)27/h2-14,22,27-28H,15-20H2,1H3,(H,32,38)(H,35,36). The molecule has 1 aliphatic carbocycles. The molecule has 0 spiro atoms. The minimum atomic E-state index is -1.05. The van der Waals surface area contributed by atoms with Crippen molar-refractivity contribution in [3.63, 3.8) is 0 Å². The fourth-order valence-electron chi connectivity index (χ4n) is 5.37. The Morgan fingerprint density at radius 2 is 1.55 bits per heavy atom. The van der Waals surface area contributed by atoms with E-state index in [1.165, 1.54) is 0 Å². The molecule has 1 aliphatic heterocycles. The normalized spacial score (nSPS) is 15.2. The Morgan fingerprint density at radius 1 is 0.950 bits per heavy atom. The maximum Gasteiger partial charge on any atom is 0.407 e. The first-order valence-electron chi connectivity index (χ1n) is 13.3. The molecule has 1 atom stereocenters. The Hall–Kier alpha value is -4.21. The number of nitrogens with zero attached hydrogens (tertiary/aromatic N) is 2. The van der Waals surface area contributed by atoms with Crippen LogP contribution < -0.4 is 5.32 Å². The summed E-state index contributed by atoms with van der Waals surface area (Å²) in [6.45, 7) is 1.16. The first kappa shape index (κ1) is 27.4. The lowest BCUT2D eigenvalue weighted by Crippen LogP contribution is -2.62. The third-order valence-corrected chi connectivity index (χ3v) is 7.33. The van der Waals surface area contributed by atoms with Gasteiger partial charge >= 0.3 is 12.1 Å². The summed E-state index contributed by atoms with van der Waals surface area (Å²) in [6.07, 6.45) is -0.996. The number of carbonyl (C=O) groups excluding carboxylic acids is 2. The second-order valence-electron chi connectivity index (χ2n) is 10.3. The van der Waals surface area contributed by atoms with E-state index in [0.717, 1.165) is 27.8 Å². The third-order valence-electron chi connectivity index (χ3n) is 7.33. The molecule has 2 amide bonds. The fourth-order valence-corrected chi connectivity index (χ4v) is 5.37. The molecule has 1 unspecified atom stereocenters. The molecule has 2 N–H and O–H groups in total. The number of rotatable bonds is 11. The number of nitrogens with one attached hydrogen (secondary N) is 1. The highest BCUT2D eigenvalue weighted by atomic mass is 16.5. The number of aliphatic carboxylic acids is 1. The van der Waals surface area contributed by atoms with Crippen LogP contribution in [0.4, 0.5) is 4.79 Å². The Kier molecular flexibility index (Phi) is 8.42. The van der Waals surface area contributed by atoms with Crippen LogP contribution in [0.2, 0.25) is 0 Å². The monoisotopic (exact) mass is 543 g/mol. The van der Waals surface area contributed by atoms with E-state index in [1.54, 1.807) is 4.90 Å². The van der Waals surface area contributed by atoms with Crippen LogP contribution >= 0.6 is 0 Å². The van der Waals surface area contributed by atoms with E-state index < -0.39 is 24.7 Å². The number of hydrogen-bond donors (Lipinski definition) is 2. The van der Waals surface area contributed by atoms with Gasteiger partial charge in [-0.05, 0) is 34.9 Å². The molecular formula is C31H33N3O6. The lowest BCUT2D eigenvalue weighted by molar-refractivity contribution is -0.155. The number of likely N-dealkylation sites (N-methyl/N-ethyl adjacent to an activating group) is 1. The molecule has 0 saturated carbocycles. The van der Waals surface area contributed by atoms with E-state index in [9.17, 15) is 14.4 Å². The molecule has 0 radical (unpaired) electrons. The maximum absolute atomic E-state index is 13.4. The molecule has 0 bridgehead atoms. The number of likely N-dealkylation sites (tertiary alicyclic amines) is 1. The average Bonchev–Trinajstić information content (AvgIpc) is 3.24. The van der Waals surface area contributed by atoms with Gasteiger partial charge in [-0.25, -0.2) is 9.59 Å². The number of ether oxygens (including phenoxy) is 2. The van der Waals surface area contributed by atoms with Crippen LogP contribution in [0.3, 0.4) is 0 Å². The van der Waals surface area contributed by atoms with E-state index in [-0.39, 0.29) is 44.2 Å². The van der Waals surface area contributed by atoms with Crippen molar-refractivity contribution in [2.24, 2.45) is 0 Å². The molecule has 3 aromatic rings. The fraction of sp³-hybridized carbons (Fsp3) is 0.323. The van der Waals surface area contributed by atoms with Crippen molar-refractivity contribution in [3.8, 4) is 11.1 Å². The van der Waals surface area contributed by atoms with Crippen molar-refractivity contribution in [1.82, 2.24) is 15.1 Å². The SMILES string of the molecule is CN(Cc1ccccc1)CC(NC(=O)OCC1c2ccccc2-c2ccccc21)C(=O)N1CC(OCC(=O)O)C1. The number of alkyl carbamates (subject to hydrolysis) is 1. The summed E-state index contributed by atoms with van der Waals surface area (Å²) in [6, 6.07) is 25.3. The van der Waals surface area contributed by atoms with Crippen LogP contribution in [0.15, 0.2) is 78.9 Å². The van der Waals surface area contributed by atoms with Crippen LogP contribution in [-0.4, -0.2) is 84.9 Å².